The molecule has 0 rings (SSSR count). The van der Waals surface area contributed by atoms with Gasteiger partial charge in [0.15, 0.2) is 0 Å². The molecule has 0 heterocycles. The zero-order chi connectivity index (χ0) is 7.33. The molecule has 60 valence electrons. The van der Waals surface area contributed by atoms with Crippen molar-refractivity contribution in [2.75, 3.05) is 12.3 Å². The molecule has 0 saturated carbocycles. The molecule has 0 amide bonds. The van der Waals surface area contributed by atoms with E-state index in [0.29, 0.717) is 0 Å². The summed E-state index contributed by atoms with van der Waals surface area (Å²) in [6.45, 7) is -0.0264. The maximum absolute atomic E-state index is 10.3. The van der Waals surface area contributed by atoms with Crippen LogP contribution in [-0.4, -0.2) is 20.7 Å². The highest BCUT2D eigenvalue weighted by Gasteiger charge is 2.03. The molecule has 10 heavy (non-hydrogen) atoms. The van der Waals surface area contributed by atoms with Gasteiger partial charge in [-0.2, -0.15) is 0 Å². The molecule has 0 atom stereocenters. The van der Waals surface area contributed by atoms with Crippen molar-refractivity contribution >= 4 is 22.4 Å². The molecule has 0 radical (unpaired) electrons. The molecule has 2 N–H and O–H groups in total. The Morgan fingerprint density at radius 2 is 2.10 bits per heavy atom. The van der Waals surface area contributed by atoms with E-state index in [1.54, 1.807) is 0 Å². The van der Waals surface area contributed by atoms with Gasteiger partial charge < -0.3 is 5.73 Å². The van der Waals surface area contributed by atoms with Gasteiger partial charge in [0.05, 0.1) is 5.75 Å². The maximum Gasteiger partial charge on any atom is 0.236 e. The monoisotopic (exact) mass is 186 g/mol. The minimum absolute atomic E-state index is 0. The zero-order valence-electron chi connectivity index (χ0n) is 4.97. The standard InChI is InChI=1S/C2H6N4O2S.ClH/c3-1-2-9(7,8)6-5-4;/h1-3H2;1H. The van der Waals surface area contributed by atoms with Crippen molar-refractivity contribution in [3.63, 3.8) is 0 Å². The van der Waals surface area contributed by atoms with E-state index in [1.807, 2.05) is 0 Å². The summed E-state index contributed by atoms with van der Waals surface area (Å²) in [5, 5.41) is 0. The molecule has 0 bridgehead atoms. The average Bonchev–Trinajstić information content (AvgIpc) is 1.64. The summed E-state index contributed by atoms with van der Waals surface area (Å²) >= 11 is 0. The Kier molecular flexibility index (Phi) is 6.48. The van der Waals surface area contributed by atoms with Crippen LogP contribution in [0.25, 0.3) is 10.4 Å². The molecule has 0 aliphatic carbocycles. The summed E-state index contributed by atoms with van der Waals surface area (Å²) in [5.74, 6) is -0.295. The second kappa shape index (κ2) is 5.31. The number of hydrogen-bond acceptors (Lipinski definition) is 3. The van der Waals surface area contributed by atoms with Gasteiger partial charge in [0.25, 0.3) is 0 Å². The minimum atomic E-state index is -3.60. The van der Waals surface area contributed by atoms with E-state index in [-0.39, 0.29) is 24.7 Å². The van der Waals surface area contributed by atoms with Gasteiger partial charge in [0.2, 0.25) is 10.0 Å². The van der Waals surface area contributed by atoms with Crippen LogP contribution in [0.5, 0.6) is 0 Å². The van der Waals surface area contributed by atoms with Crippen LogP contribution in [0.4, 0.5) is 0 Å². The van der Waals surface area contributed by atoms with Gasteiger partial charge in [-0.05, 0) is 5.53 Å². The Bertz CT molecular complexity index is 217. The Morgan fingerprint density at radius 3 is 2.40 bits per heavy atom. The predicted octanol–water partition coefficient (Wildman–Crippen LogP) is 0.00700. The van der Waals surface area contributed by atoms with Crippen LogP contribution in [0.15, 0.2) is 4.52 Å². The van der Waals surface area contributed by atoms with Gasteiger partial charge in [-0.3, -0.25) is 0 Å². The molecule has 0 unspecified atom stereocenters. The first-order valence-electron chi connectivity index (χ1n) is 2.11. The van der Waals surface area contributed by atoms with Crippen LogP contribution in [0.2, 0.25) is 0 Å². The topological polar surface area (TPSA) is 109 Å². The second-order valence-electron chi connectivity index (χ2n) is 1.25. The molecule has 6 nitrogen and oxygen atoms in total. The van der Waals surface area contributed by atoms with E-state index in [4.69, 9.17) is 11.3 Å². The number of nitrogens with two attached hydrogens (primary N) is 1. The van der Waals surface area contributed by atoms with Crippen LogP contribution in [0.3, 0.4) is 0 Å². The van der Waals surface area contributed by atoms with Gasteiger partial charge in [-0.25, -0.2) is 8.42 Å². The van der Waals surface area contributed by atoms with Gasteiger partial charge in [0.1, 0.15) is 0 Å². The summed E-state index contributed by atoms with van der Waals surface area (Å²) in [4.78, 5) is 2.11. The van der Waals surface area contributed by atoms with Crippen LogP contribution in [-0.2, 0) is 10.0 Å². The van der Waals surface area contributed by atoms with Crippen LogP contribution >= 0.6 is 12.4 Å². The van der Waals surface area contributed by atoms with Gasteiger partial charge in [-0.15, -0.1) is 12.4 Å². The van der Waals surface area contributed by atoms with Crippen molar-refractivity contribution < 1.29 is 8.42 Å². The lowest BCUT2D eigenvalue weighted by atomic mass is 10.8. The highest BCUT2D eigenvalue weighted by molar-refractivity contribution is 7.90. The SMILES string of the molecule is Cl.[N-]=[N+]=NS(=O)(=O)CCN. The van der Waals surface area contributed by atoms with Crippen molar-refractivity contribution in [1.82, 2.24) is 0 Å². The molecule has 0 saturated heterocycles. The summed E-state index contributed by atoms with van der Waals surface area (Å²) in [5.41, 5.74) is 12.5. The molecular weight excluding hydrogens is 180 g/mol. The van der Waals surface area contributed by atoms with Gasteiger partial charge in [0, 0.05) is 16.0 Å². The Morgan fingerprint density at radius 1 is 1.60 bits per heavy atom. The smallest absolute Gasteiger partial charge is 0.236 e. The fourth-order valence-corrected chi connectivity index (χ4v) is 0.736. The summed E-state index contributed by atoms with van der Waals surface area (Å²) in [7, 11) is -3.60. The third kappa shape index (κ3) is 5.64. The van der Waals surface area contributed by atoms with E-state index in [1.165, 1.54) is 0 Å². The maximum atomic E-state index is 10.3. The first-order chi connectivity index (χ1) is 4.12. The fourth-order valence-electron chi connectivity index (χ4n) is 0.245. The number of azide groups is 1. The number of sulfonamides is 1. The Hall–Kier alpha value is -0.490. The number of nitrogens with zero attached hydrogens (tertiary/aromatic N) is 3. The van der Waals surface area contributed by atoms with E-state index in [2.05, 4.69) is 9.43 Å². The molecule has 8 heteroatoms. The highest BCUT2D eigenvalue weighted by Crippen LogP contribution is 1.88. The number of halogens is 1. The van der Waals surface area contributed by atoms with Crippen LogP contribution < -0.4 is 5.73 Å². The normalized spacial score (nSPS) is 9.30. The van der Waals surface area contributed by atoms with E-state index >= 15 is 0 Å². The summed E-state index contributed by atoms with van der Waals surface area (Å²) < 4.78 is 23.2. The molecule has 0 fully saturated rings. The average molecular weight is 187 g/mol. The summed E-state index contributed by atoms with van der Waals surface area (Å²) in [6, 6.07) is 0. The molecule has 0 aliphatic heterocycles. The Balaban J connectivity index is 0. The second-order valence-corrected chi connectivity index (χ2v) is 2.98. The van der Waals surface area contributed by atoms with Crippen LogP contribution in [0, 0.1) is 0 Å². The molecular formula is C2H7ClN4O2S. The molecule has 0 spiro atoms. The lowest BCUT2D eigenvalue weighted by molar-refractivity contribution is 0.597. The lowest BCUT2D eigenvalue weighted by Crippen LogP contribution is -2.12. The van der Waals surface area contributed by atoms with Crippen molar-refractivity contribution in [1.29, 1.82) is 0 Å². The van der Waals surface area contributed by atoms with E-state index in [0.717, 1.165) is 0 Å². The zero-order valence-corrected chi connectivity index (χ0v) is 6.60. The van der Waals surface area contributed by atoms with Gasteiger partial charge in [-0.1, -0.05) is 0 Å². The first-order valence-corrected chi connectivity index (χ1v) is 3.72. The third-order valence-corrected chi connectivity index (χ3v) is 1.61. The molecule has 0 aromatic carbocycles. The quantitative estimate of drug-likeness (QED) is 0.381. The van der Waals surface area contributed by atoms with Crippen molar-refractivity contribution in [3.05, 3.63) is 10.4 Å². The Labute approximate surface area is 64.5 Å². The van der Waals surface area contributed by atoms with Crippen molar-refractivity contribution in [3.8, 4) is 0 Å². The third-order valence-electron chi connectivity index (χ3n) is 0.537. The molecule has 0 aromatic rings. The predicted molar refractivity (Wildman–Crippen MR) is 39.2 cm³/mol. The van der Waals surface area contributed by atoms with Crippen LogP contribution in [0.1, 0.15) is 0 Å². The van der Waals surface area contributed by atoms with Gasteiger partial charge >= 0.3 is 0 Å². The van der Waals surface area contributed by atoms with Crippen molar-refractivity contribution in [2.45, 2.75) is 0 Å². The lowest BCUT2D eigenvalue weighted by Gasteiger charge is -1.87. The number of hydrogen-bond donors (Lipinski definition) is 1. The molecule has 0 aliphatic rings. The fraction of sp³-hybridized carbons (Fsp3) is 1.00. The van der Waals surface area contributed by atoms with E-state index < -0.39 is 10.0 Å². The number of rotatable bonds is 3. The largest absolute Gasteiger partial charge is 0.329 e. The highest BCUT2D eigenvalue weighted by atomic mass is 35.5. The first kappa shape index (κ1) is 12.2. The minimum Gasteiger partial charge on any atom is -0.329 e. The van der Waals surface area contributed by atoms with E-state index in [9.17, 15) is 8.42 Å². The summed E-state index contributed by atoms with van der Waals surface area (Å²) in [6.07, 6.45) is 0. The molecule has 0 aromatic heterocycles. The van der Waals surface area contributed by atoms with Crippen molar-refractivity contribution in [2.24, 2.45) is 10.3 Å².